The maximum atomic E-state index is 12.7. The molecule has 8 nitrogen and oxygen atoms in total. The Kier molecular flexibility index (Phi) is 14.7. The molecule has 0 aliphatic carbocycles. The molecule has 0 spiro atoms. The third kappa shape index (κ3) is 13.3. The van der Waals surface area contributed by atoms with Crippen LogP contribution in [0.4, 0.5) is 0 Å². The van der Waals surface area contributed by atoms with Gasteiger partial charge in [0.15, 0.2) is 0 Å². The Bertz CT molecular complexity index is 1020. The molecule has 0 N–H and O–H groups in total. The first-order valence-electron chi connectivity index (χ1n) is 13.1. The number of hydrogen-bond acceptors (Lipinski definition) is 8. The summed E-state index contributed by atoms with van der Waals surface area (Å²) in [4.78, 5) is 49.5. The predicted molar refractivity (Wildman–Crippen MR) is 148 cm³/mol. The molecular weight excluding hydrogens is 607 g/mol. The van der Waals surface area contributed by atoms with Crippen molar-refractivity contribution in [1.29, 1.82) is 0 Å². The van der Waals surface area contributed by atoms with Gasteiger partial charge in [0.1, 0.15) is 0 Å². The molecule has 2 aromatic carbocycles. The first-order chi connectivity index (χ1) is 18.9. The first kappa shape index (κ1) is 31.8. The van der Waals surface area contributed by atoms with Gasteiger partial charge in [0.25, 0.3) is 0 Å². The summed E-state index contributed by atoms with van der Waals surface area (Å²) in [7, 11) is 0. The zero-order valence-corrected chi connectivity index (χ0v) is 25.4. The molecule has 0 heterocycles. The Morgan fingerprint density at radius 1 is 0.590 bits per heavy atom. The Morgan fingerprint density at radius 2 is 0.949 bits per heavy atom. The molecule has 0 atom stereocenters. The quantitative estimate of drug-likeness (QED) is 0.130. The molecule has 0 saturated heterocycles. The van der Waals surface area contributed by atoms with E-state index in [2.05, 4.69) is 0 Å². The summed E-state index contributed by atoms with van der Waals surface area (Å²) in [5.74, 6) is -2.89. The van der Waals surface area contributed by atoms with E-state index in [1.54, 1.807) is 0 Å². The van der Waals surface area contributed by atoms with Gasteiger partial charge in [-0.3, -0.25) is 0 Å². The Labute approximate surface area is 234 Å². The molecule has 0 aliphatic heterocycles. The van der Waals surface area contributed by atoms with Crippen LogP contribution in [0.5, 0.6) is 0 Å². The summed E-state index contributed by atoms with van der Waals surface area (Å²) in [5.41, 5.74) is 1.64. The molecular formula is C30H36O8Sn. The van der Waals surface area contributed by atoms with Gasteiger partial charge in [0.05, 0.1) is 0 Å². The number of benzene rings is 2. The standard InChI is InChI=1S/2C11H10O4.2C4H9.Sn/c2*12-10(13)6-7-11(14)15-8-9-4-2-1-3-5-9;2*1-3-4-2;/h2*1-7H,8H2,(H,12,13);2*1,3-4H2,2H3;/q;;;;+2/p-2. The van der Waals surface area contributed by atoms with Crippen molar-refractivity contribution >= 4 is 43.1 Å². The van der Waals surface area contributed by atoms with Crippen molar-refractivity contribution in [2.24, 2.45) is 0 Å². The van der Waals surface area contributed by atoms with Crippen LogP contribution in [0.25, 0.3) is 0 Å². The first-order valence-corrected chi connectivity index (χ1v) is 19.5. The summed E-state index contributed by atoms with van der Waals surface area (Å²) >= 11 is -4.28. The van der Waals surface area contributed by atoms with E-state index in [0.29, 0.717) is 21.7 Å². The van der Waals surface area contributed by atoms with Gasteiger partial charge in [-0.2, -0.15) is 0 Å². The Balaban J connectivity index is 2.00. The minimum absolute atomic E-state index is 0.0763. The number of carbonyl (C=O) groups is 4. The average Bonchev–Trinajstić information content (AvgIpc) is 2.95. The van der Waals surface area contributed by atoms with E-state index in [-0.39, 0.29) is 13.2 Å². The fourth-order valence-electron chi connectivity index (χ4n) is 3.50. The van der Waals surface area contributed by atoms with Gasteiger partial charge in [-0.05, 0) is 0 Å². The summed E-state index contributed by atoms with van der Waals surface area (Å²) in [6.45, 7) is 4.14. The summed E-state index contributed by atoms with van der Waals surface area (Å²) < 4.78 is 22.9. The molecule has 2 rings (SSSR count). The molecule has 9 heteroatoms. The van der Waals surface area contributed by atoms with Crippen LogP contribution >= 0.6 is 0 Å². The molecule has 2 aromatic rings. The van der Waals surface area contributed by atoms with E-state index in [1.807, 2.05) is 74.5 Å². The van der Waals surface area contributed by atoms with E-state index in [0.717, 1.165) is 48.3 Å². The normalized spacial score (nSPS) is 11.3. The zero-order chi connectivity index (χ0) is 28.3. The maximum absolute atomic E-state index is 12.7. The second-order valence-corrected chi connectivity index (χ2v) is 18.0. The predicted octanol–water partition coefficient (Wildman–Crippen LogP) is 5.71. The van der Waals surface area contributed by atoms with E-state index < -0.39 is 43.1 Å². The van der Waals surface area contributed by atoms with Gasteiger partial charge < -0.3 is 0 Å². The van der Waals surface area contributed by atoms with Crippen LogP contribution in [0.2, 0.25) is 8.87 Å². The zero-order valence-electron chi connectivity index (χ0n) is 22.5. The molecule has 208 valence electrons. The van der Waals surface area contributed by atoms with Crippen molar-refractivity contribution in [3.8, 4) is 0 Å². The van der Waals surface area contributed by atoms with Crippen molar-refractivity contribution in [1.82, 2.24) is 0 Å². The van der Waals surface area contributed by atoms with Crippen molar-refractivity contribution in [3.05, 3.63) is 96.1 Å². The third-order valence-corrected chi connectivity index (χ3v) is 15.2. The summed E-state index contributed by atoms with van der Waals surface area (Å²) in [6.07, 6.45) is 7.09. The van der Waals surface area contributed by atoms with E-state index in [4.69, 9.17) is 15.6 Å². The van der Waals surface area contributed by atoms with Crippen molar-refractivity contribution in [2.45, 2.75) is 61.6 Å². The molecule has 0 amide bonds. The monoisotopic (exact) mass is 644 g/mol. The van der Waals surface area contributed by atoms with Crippen LogP contribution in [0, 0.1) is 0 Å². The van der Waals surface area contributed by atoms with Crippen LogP contribution in [-0.2, 0) is 48.0 Å². The summed E-state index contributed by atoms with van der Waals surface area (Å²) in [5, 5.41) is 0. The molecule has 0 saturated carbocycles. The van der Waals surface area contributed by atoms with Gasteiger partial charge in [-0.15, -0.1) is 0 Å². The van der Waals surface area contributed by atoms with Gasteiger partial charge in [0, 0.05) is 0 Å². The van der Waals surface area contributed by atoms with Crippen LogP contribution in [0.3, 0.4) is 0 Å². The van der Waals surface area contributed by atoms with Crippen molar-refractivity contribution in [2.75, 3.05) is 0 Å². The molecule has 39 heavy (non-hydrogen) atoms. The number of rotatable bonds is 16. The average molecular weight is 643 g/mol. The van der Waals surface area contributed by atoms with E-state index in [1.165, 1.54) is 0 Å². The molecule has 0 fully saturated rings. The second kappa shape index (κ2) is 18.0. The van der Waals surface area contributed by atoms with Crippen LogP contribution in [0.1, 0.15) is 50.7 Å². The van der Waals surface area contributed by atoms with Crippen LogP contribution in [0.15, 0.2) is 85.0 Å². The third-order valence-electron chi connectivity index (χ3n) is 5.55. The summed E-state index contributed by atoms with van der Waals surface area (Å²) in [6, 6.07) is 18.3. The number of ether oxygens (including phenoxy) is 2. The van der Waals surface area contributed by atoms with Gasteiger partial charge in [-0.25, -0.2) is 0 Å². The second-order valence-electron chi connectivity index (χ2n) is 8.81. The van der Waals surface area contributed by atoms with Crippen molar-refractivity contribution in [3.63, 3.8) is 0 Å². The SMILES string of the molecule is CCC[CH2][Sn]([CH2]CCC)([O]C(=O)C=CC(=O)OCc1ccccc1)[O]C(=O)C=CC(=O)OCc1ccccc1. The van der Waals surface area contributed by atoms with Gasteiger partial charge in [0.2, 0.25) is 0 Å². The van der Waals surface area contributed by atoms with Gasteiger partial charge >= 0.3 is 236 Å². The number of esters is 2. The number of unbranched alkanes of at least 4 members (excludes halogenated alkanes) is 2. The van der Waals surface area contributed by atoms with E-state index >= 15 is 0 Å². The Hall–Kier alpha value is -3.40. The topological polar surface area (TPSA) is 105 Å². The fourth-order valence-corrected chi connectivity index (χ4v) is 13.1. The number of carbonyl (C=O) groups excluding carboxylic acids is 4. The number of hydrogen-bond donors (Lipinski definition) is 0. The van der Waals surface area contributed by atoms with Crippen LogP contribution in [-0.4, -0.2) is 43.1 Å². The fraction of sp³-hybridized carbons (Fsp3) is 0.333. The molecule has 0 aliphatic rings. The molecule has 0 radical (unpaired) electrons. The van der Waals surface area contributed by atoms with E-state index in [9.17, 15) is 19.2 Å². The Morgan fingerprint density at radius 3 is 1.31 bits per heavy atom. The molecule has 0 unspecified atom stereocenters. The van der Waals surface area contributed by atoms with Crippen molar-refractivity contribution < 1.29 is 34.8 Å². The minimum atomic E-state index is -4.28. The van der Waals surface area contributed by atoms with Crippen LogP contribution < -0.4 is 0 Å². The van der Waals surface area contributed by atoms with Gasteiger partial charge in [-0.1, -0.05) is 0 Å². The molecule has 0 aromatic heterocycles. The molecule has 0 bridgehead atoms.